The Hall–Kier alpha value is -2.08. The molecule has 2 rings (SSSR count). The molecule has 116 valence electrons. The molecule has 0 aliphatic carbocycles. The molecular weight excluding hydrogens is 350 g/mol. The molecule has 0 saturated carbocycles. The second kappa shape index (κ2) is 6.79. The van der Waals surface area contributed by atoms with Crippen LogP contribution in [0.4, 0.5) is 0 Å². The topological polar surface area (TPSA) is 68.4 Å². The minimum absolute atomic E-state index is 0.270. The van der Waals surface area contributed by atoms with E-state index in [9.17, 15) is 9.59 Å². The Balaban J connectivity index is 2.52. The summed E-state index contributed by atoms with van der Waals surface area (Å²) in [4.78, 5) is 26.6. The fraction of sp³-hybridized carbons (Fsp3) is 0.250. The van der Waals surface area contributed by atoms with Crippen molar-refractivity contribution in [2.24, 2.45) is 0 Å². The first-order valence-electron chi connectivity index (χ1n) is 6.60. The van der Waals surface area contributed by atoms with Gasteiger partial charge in [0.05, 0.1) is 24.3 Å². The lowest BCUT2D eigenvalue weighted by Crippen LogP contribution is -2.19. The average Bonchev–Trinajstić information content (AvgIpc) is 2.52. The normalized spacial score (nSPS) is 10.4. The lowest BCUT2D eigenvalue weighted by Gasteiger charge is -2.13. The number of H-pyrrole nitrogens is 1. The first-order chi connectivity index (χ1) is 10.5. The van der Waals surface area contributed by atoms with Crippen LogP contribution in [0.1, 0.15) is 27.2 Å². The molecule has 1 heterocycles. The minimum Gasteiger partial charge on any atom is -0.497 e. The maximum absolute atomic E-state index is 12.0. The van der Waals surface area contributed by atoms with Crippen molar-refractivity contribution in [2.75, 3.05) is 14.2 Å². The molecule has 22 heavy (non-hydrogen) atoms. The number of carbonyl (C=O) groups is 1. The molecule has 1 aromatic carbocycles. The summed E-state index contributed by atoms with van der Waals surface area (Å²) in [5.74, 6) is 0.274. The van der Waals surface area contributed by atoms with Crippen LogP contribution in [-0.2, 0) is 11.2 Å². The van der Waals surface area contributed by atoms with Gasteiger partial charge in [-0.2, -0.15) is 0 Å². The number of aromatic amines is 1. The molecule has 0 radical (unpaired) electrons. The lowest BCUT2D eigenvalue weighted by molar-refractivity contribution is 0.0598. The summed E-state index contributed by atoms with van der Waals surface area (Å²) < 4.78 is 10.3. The number of esters is 1. The van der Waals surface area contributed by atoms with Gasteiger partial charge in [-0.3, -0.25) is 4.79 Å². The number of methoxy groups -OCH3 is 2. The van der Waals surface area contributed by atoms with Gasteiger partial charge in [0.15, 0.2) is 0 Å². The van der Waals surface area contributed by atoms with E-state index in [-0.39, 0.29) is 5.56 Å². The Kier molecular flexibility index (Phi) is 5.03. The van der Waals surface area contributed by atoms with Gasteiger partial charge in [0.2, 0.25) is 0 Å². The number of aromatic nitrogens is 1. The van der Waals surface area contributed by atoms with E-state index in [1.165, 1.54) is 7.11 Å². The predicted molar refractivity (Wildman–Crippen MR) is 86.6 cm³/mol. The maximum Gasteiger partial charge on any atom is 0.339 e. The Morgan fingerprint density at radius 2 is 1.86 bits per heavy atom. The van der Waals surface area contributed by atoms with E-state index in [4.69, 9.17) is 9.47 Å². The third-order valence-corrected chi connectivity index (χ3v) is 4.21. The van der Waals surface area contributed by atoms with Crippen molar-refractivity contribution in [3.8, 4) is 5.75 Å². The fourth-order valence-electron chi connectivity index (χ4n) is 2.25. The quantitative estimate of drug-likeness (QED) is 0.845. The van der Waals surface area contributed by atoms with E-state index in [1.54, 1.807) is 14.0 Å². The highest BCUT2D eigenvalue weighted by Crippen LogP contribution is 2.24. The minimum atomic E-state index is -0.474. The van der Waals surface area contributed by atoms with Crippen molar-refractivity contribution in [1.29, 1.82) is 0 Å². The molecule has 0 aliphatic heterocycles. The molecule has 0 spiro atoms. The van der Waals surface area contributed by atoms with Gasteiger partial charge in [0.1, 0.15) is 5.75 Å². The number of hydrogen-bond donors (Lipinski definition) is 1. The van der Waals surface area contributed by atoms with Gasteiger partial charge in [-0.05, 0) is 52.5 Å². The van der Waals surface area contributed by atoms with Crippen LogP contribution in [0.15, 0.2) is 33.5 Å². The average molecular weight is 366 g/mol. The van der Waals surface area contributed by atoms with Crippen molar-refractivity contribution in [1.82, 2.24) is 4.98 Å². The number of pyridine rings is 1. The summed E-state index contributed by atoms with van der Waals surface area (Å²) in [5.41, 5.74) is 2.16. The molecule has 5 nitrogen and oxygen atoms in total. The van der Waals surface area contributed by atoms with Crippen molar-refractivity contribution in [2.45, 2.75) is 13.3 Å². The number of halogens is 1. The third-order valence-electron chi connectivity index (χ3n) is 3.37. The van der Waals surface area contributed by atoms with Crippen molar-refractivity contribution in [3.05, 3.63) is 61.5 Å². The highest BCUT2D eigenvalue weighted by atomic mass is 79.9. The van der Waals surface area contributed by atoms with E-state index in [0.29, 0.717) is 27.7 Å². The molecule has 0 fully saturated rings. The highest BCUT2D eigenvalue weighted by Gasteiger charge is 2.20. The Morgan fingerprint density at radius 1 is 1.23 bits per heavy atom. The van der Waals surface area contributed by atoms with Crippen LogP contribution in [-0.4, -0.2) is 25.2 Å². The number of ether oxygens (including phenoxy) is 2. The molecule has 1 aromatic heterocycles. The van der Waals surface area contributed by atoms with Crippen LogP contribution in [0.5, 0.6) is 5.75 Å². The zero-order valence-corrected chi connectivity index (χ0v) is 14.1. The first kappa shape index (κ1) is 16.3. The smallest absolute Gasteiger partial charge is 0.339 e. The van der Waals surface area contributed by atoms with E-state index >= 15 is 0 Å². The molecule has 0 amide bonds. The zero-order chi connectivity index (χ0) is 16.3. The van der Waals surface area contributed by atoms with Gasteiger partial charge in [-0.15, -0.1) is 0 Å². The van der Waals surface area contributed by atoms with Gasteiger partial charge >= 0.3 is 5.97 Å². The SMILES string of the molecule is COC(=O)c1c(C)[nH]c(=O)c(Br)c1Cc1ccc(OC)cc1. The second-order valence-electron chi connectivity index (χ2n) is 4.76. The molecule has 6 heteroatoms. The summed E-state index contributed by atoms with van der Waals surface area (Å²) in [6.45, 7) is 1.68. The van der Waals surface area contributed by atoms with Gasteiger partial charge in [-0.25, -0.2) is 4.79 Å². The molecule has 0 saturated heterocycles. The lowest BCUT2D eigenvalue weighted by atomic mass is 9.99. The first-order valence-corrected chi connectivity index (χ1v) is 7.39. The third kappa shape index (κ3) is 3.22. The number of rotatable bonds is 4. The zero-order valence-electron chi connectivity index (χ0n) is 12.5. The van der Waals surface area contributed by atoms with Crippen molar-refractivity contribution < 1.29 is 14.3 Å². The number of benzene rings is 1. The van der Waals surface area contributed by atoms with Gasteiger partial charge < -0.3 is 14.5 Å². The Bertz CT molecular complexity index is 750. The molecule has 0 atom stereocenters. The van der Waals surface area contributed by atoms with E-state index in [1.807, 2.05) is 24.3 Å². The van der Waals surface area contributed by atoms with Crippen LogP contribution in [0.2, 0.25) is 0 Å². The van der Waals surface area contributed by atoms with Crippen molar-refractivity contribution >= 4 is 21.9 Å². The standard InChI is InChI=1S/C16H16BrNO4/c1-9-13(16(20)22-3)12(14(17)15(19)18-9)8-10-4-6-11(21-2)7-5-10/h4-7H,8H2,1-3H3,(H,18,19). The van der Waals surface area contributed by atoms with E-state index in [2.05, 4.69) is 20.9 Å². The molecule has 0 bridgehead atoms. The van der Waals surface area contributed by atoms with Gasteiger partial charge in [-0.1, -0.05) is 12.1 Å². The summed E-state index contributed by atoms with van der Waals surface area (Å²) in [6.07, 6.45) is 0.430. The number of nitrogens with one attached hydrogen (secondary N) is 1. The summed E-state index contributed by atoms with van der Waals surface area (Å²) >= 11 is 3.27. The largest absolute Gasteiger partial charge is 0.497 e. The number of carbonyl (C=O) groups excluding carboxylic acids is 1. The van der Waals surface area contributed by atoms with E-state index < -0.39 is 5.97 Å². The van der Waals surface area contributed by atoms with E-state index in [0.717, 1.165) is 11.3 Å². The molecular formula is C16H16BrNO4. The Labute approximate surface area is 136 Å². The Morgan fingerprint density at radius 3 is 2.41 bits per heavy atom. The number of hydrogen-bond acceptors (Lipinski definition) is 4. The van der Waals surface area contributed by atoms with Crippen LogP contribution >= 0.6 is 15.9 Å². The monoisotopic (exact) mass is 365 g/mol. The fourth-order valence-corrected chi connectivity index (χ4v) is 2.69. The molecule has 0 unspecified atom stereocenters. The maximum atomic E-state index is 12.0. The summed E-state index contributed by atoms with van der Waals surface area (Å²) in [7, 11) is 2.92. The van der Waals surface area contributed by atoms with Crippen LogP contribution in [0, 0.1) is 6.92 Å². The predicted octanol–water partition coefficient (Wildman–Crippen LogP) is 2.83. The molecule has 0 aliphatic rings. The van der Waals surface area contributed by atoms with Crippen LogP contribution in [0.3, 0.4) is 0 Å². The molecule has 1 N–H and O–H groups in total. The van der Waals surface area contributed by atoms with Crippen LogP contribution in [0.25, 0.3) is 0 Å². The second-order valence-corrected chi connectivity index (χ2v) is 5.56. The summed E-state index contributed by atoms with van der Waals surface area (Å²) in [6, 6.07) is 7.45. The number of aryl methyl sites for hydroxylation is 1. The van der Waals surface area contributed by atoms with Gasteiger partial charge in [0.25, 0.3) is 5.56 Å². The van der Waals surface area contributed by atoms with Crippen LogP contribution < -0.4 is 10.3 Å². The summed E-state index contributed by atoms with van der Waals surface area (Å²) in [5, 5.41) is 0. The van der Waals surface area contributed by atoms with Crippen molar-refractivity contribution in [3.63, 3.8) is 0 Å². The van der Waals surface area contributed by atoms with Gasteiger partial charge in [0, 0.05) is 5.69 Å². The highest BCUT2D eigenvalue weighted by molar-refractivity contribution is 9.10. The molecule has 2 aromatic rings.